The molecule has 0 aromatic heterocycles. The largest absolute Gasteiger partial charge is 0.360 e. The van der Waals surface area contributed by atoms with E-state index in [1.165, 1.54) is 34.3 Å². The summed E-state index contributed by atoms with van der Waals surface area (Å²) in [6.45, 7) is 7.65. The van der Waals surface area contributed by atoms with Crippen LogP contribution in [0.1, 0.15) is 12.5 Å². The molecule has 26 heavy (non-hydrogen) atoms. The van der Waals surface area contributed by atoms with E-state index < -0.39 is 5.82 Å². The summed E-state index contributed by atoms with van der Waals surface area (Å²) < 4.78 is 13.1. The molecule has 1 amide bonds. The van der Waals surface area contributed by atoms with Crippen molar-refractivity contribution in [2.45, 2.75) is 19.9 Å². The highest BCUT2D eigenvalue weighted by atomic mass is 35.5. The maximum Gasteiger partial charge on any atom is 0.282 e. The summed E-state index contributed by atoms with van der Waals surface area (Å²) in [5.74, 6) is -0.517. The second-order valence-corrected chi connectivity index (χ2v) is 7.17. The maximum absolute atomic E-state index is 13.1. The molecular weight excluding hydrogens is 353 g/mol. The van der Waals surface area contributed by atoms with Crippen LogP contribution in [0.25, 0.3) is 0 Å². The summed E-state index contributed by atoms with van der Waals surface area (Å²) in [5, 5.41) is 3.03. The average Bonchev–Trinajstić information content (AvgIpc) is 2.64. The first-order chi connectivity index (χ1) is 12.5. The monoisotopic (exact) mass is 376 g/mol. The number of hydrogen-bond acceptors (Lipinski definition) is 2. The van der Waals surface area contributed by atoms with Crippen LogP contribution in [0, 0.1) is 12.7 Å². The summed E-state index contributed by atoms with van der Waals surface area (Å²) in [7, 11) is 0. The third-order valence-corrected chi connectivity index (χ3v) is 5.37. The lowest BCUT2D eigenvalue weighted by Gasteiger charge is -2.36. The number of nitrogens with one attached hydrogen (secondary N) is 2. The van der Waals surface area contributed by atoms with Crippen molar-refractivity contribution < 1.29 is 14.1 Å². The van der Waals surface area contributed by atoms with E-state index in [1.54, 1.807) is 0 Å². The van der Waals surface area contributed by atoms with Crippen molar-refractivity contribution in [1.82, 2.24) is 0 Å². The van der Waals surface area contributed by atoms with Crippen LogP contribution in [-0.2, 0) is 4.79 Å². The summed E-state index contributed by atoms with van der Waals surface area (Å²) >= 11 is 6.00. The highest BCUT2D eigenvalue weighted by molar-refractivity contribution is 6.33. The number of quaternary nitrogens is 1. The van der Waals surface area contributed by atoms with E-state index in [0.29, 0.717) is 5.69 Å². The van der Waals surface area contributed by atoms with Gasteiger partial charge in [-0.05, 0) is 43.7 Å². The van der Waals surface area contributed by atoms with Crippen LogP contribution in [0.5, 0.6) is 0 Å². The number of carbonyl (C=O) groups excluding carboxylic acids is 1. The minimum atomic E-state index is -0.418. The number of nitrogens with zero attached hydrogens (tertiary/aromatic N) is 1. The SMILES string of the molecule is Cc1ccccc1N1CC[NH+]([C@@H](C)C(=O)Nc2ccc(F)cc2Cl)CC1. The number of amides is 1. The minimum absolute atomic E-state index is 0.0992. The lowest BCUT2D eigenvalue weighted by Crippen LogP contribution is -3.19. The van der Waals surface area contributed by atoms with E-state index in [0.717, 1.165) is 26.2 Å². The highest BCUT2D eigenvalue weighted by Gasteiger charge is 2.29. The molecule has 1 atom stereocenters. The van der Waals surface area contributed by atoms with Gasteiger partial charge in [0.15, 0.2) is 6.04 Å². The Kier molecular flexibility index (Phi) is 5.79. The molecule has 1 aliphatic heterocycles. The van der Waals surface area contributed by atoms with Gasteiger partial charge in [0, 0.05) is 5.69 Å². The zero-order chi connectivity index (χ0) is 18.7. The molecule has 1 aliphatic rings. The number of aryl methyl sites for hydroxylation is 1. The van der Waals surface area contributed by atoms with Gasteiger partial charge in [-0.25, -0.2) is 4.39 Å². The summed E-state index contributed by atoms with van der Waals surface area (Å²) in [6, 6.07) is 12.2. The predicted octanol–water partition coefficient (Wildman–Crippen LogP) is 2.52. The van der Waals surface area contributed by atoms with Crippen molar-refractivity contribution in [2.75, 3.05) is 36.4 Å². The number of benzene rings is 2. The van der Waals surface area contributed by atoms with E-state index in [2.05, 4.69) is 35.3 Å². The average molecular weight is 377 g/mol. The maximum atomic E-state index is 13.1. The molecule has 3 rings (SSSR count). The molecule has 4 nitrogen and oxygen atoms in total. The lowest BCUT2D eigenvalue weighted by atomic mass is 10.1. The third-order valence-electron chi connectivity index (χ3n) is 5.06. The molecule has 1 heterocycles. The zero-order valence-corrected chi connectivity index (χ0v) is 15.8. The van der Waals surface area contributed by atoms with Gasteiger partial charge in [-0.15, -0.1) is 0 Å². The molecule has 1 fully saturated rings. The van der Waals surface area contributed by atoms with Crippen LogP contribution in [0.4, 0.5) is 15.8 Å². The molecule has 1 saturated heterocycles. The van der Waals surface area contributed by atoms with E-state index in [1.807, 2.05) is 13.0 Å². The third kappa shape index (κ3) is 4.17. The Labute approximate surface area is 158 Å². The molecular formula is C20H24ClFN3O+. The van der Waals surface area contributed by atoms with E-state index in [-0.39, 0.29) is 17.0 Å². The van der Waals surface area contributed by atoms with Gasteiger partial charge in [-0.2, -0.15) is 0 Å². The fourth-order valence-corrected chi connectivity index (χ4v) is 3.62. The first-order valence-electron chi connectivity index (χ1n) is 8.87. The number of hydrogen-bond donors (Lipinski definition) is 2. The van der Waals surface area contributed by atoms with Gasteiger partial charge in [0.2, 0.25) is 0 Å². The summed E-state index contributed by atoms with van der Waals surface area (Å²) in [4.78, 5) is 16.2. The van der Waals surface area contributed by atoms with Crippen molar-refractivity contribution in [3.8, 4) is 0 Å². The van der Waals surface area contributed by atoms with Gasteiger partial charge in [0.05, 0.1) is 36.9 Å². The van der Waals surface area contributed by atoms with Gasteiger partial charge in [0.1, 0.15) is 5.82 Å². The standard InChI is InChI=1S/C20H23ClFN3O/c1-14-5-3-4-6-19(14)25-11-9-24(10-12-25)15(2)20(26)23-18-8-7-16(22)13-17(18)21/h3-8,13,15H,9-12H2,1-2H3,(H,23,26)/p+1/t15-/m0/s1. The number of rotatable bonds is 4. The highest BCUT2D eigenvalue weighted by Crippen LogP contribution is 2.22. The van der Waals surface area contributed by atoms with Crippen LogP contribution in [0.3, 0.4) is 0 Å². The molecule has 0 bridgehead atoms. The summed E-state index contributed by atoms with van der Waals surface area (Å²) in [5.41, 5.74) is 2.98. The van der Waals surface area contributed by atoms with Gasteiger partial charge in [0.25, 0.3) is 5.91 Å². The number of anilines is 2. The molecule has 0 saturated carbocycles. The van der Waals surface area contributed by atoms with Crippen molar-refractivity contribution in [3.63, 3.8) is 0 Å². The first kappa shape index (κ1) is 18.7. The van der Waals surface area contributed by atoms with Crippen LogP contribution >= 0.6 is 11.6 Å². The smallest absolute Gasteiger partial charge is 0.282 e. The van der Waals surface area contributed by atoms with Gasteiger partial charge in [-0.1, -0.05) is 29.8 Å². The Morgan fingerprint density at radius 3 is 2.58 bits per heavy atom. The normalized spacial score (nSPS) is 16.4. The minimum Gasteiger partial charge on any atom is -0.360 e. The molecule has 2 aromatic carbocycles. The van der Waals surface area contributed by atoms with Gasteiger partial charge >= 0.3 is 0 Å². The van der Waals surface area contributed by atoms with E-state index in [9.17, 15) is 9.18 Å². The number of halogens is 2. The van der Waals surface area contributed by atoms with Crippen molar-refractivity contribution in [3.05, 3.63) is 58.9 Å². The predicted molar refractivity (Wildman–Crippen MR) is 104 cm³/mol. The quantitative estimate of drug-likeness (QED) is 0.860. The Hall–Kier alpha value is -2.11. The Bertz CT molecular complexity index is 790. The van der Waals surface area contributed by atoms with Crippen LogP contribution < -0.4 is 15.1 Å². The zero-order valence-electron chi connectivity index (χ0n) is 15.1. The lowest BCUT2D eigenvalue weighted by molar-refractivity contribution is -0.914. The Morgan fingerprint density at radius 1 is 1.23 bits per heavy atom. The van der Waals surface area contributed by atoms with Crippen molar-refractivity contribution in [1.29, 1.82) is 0 Å². The first-order valence-corrected chi connectivity index (χ1v) is 9.24. The van der Waals surface area contributed by atoms with Gasteiger partial charge in [-0.3, -0.25) is 4.79 Å². The fraction of sp³-hybridized carbons (Fsp3) is 0.350. The van der Waals surface area contributed by atoms with Crippen LogP contribution in [-0.4, -0.2) is 38.1 Å². The second kappa shape index (κ2) is 8.06. The van der Waals surface area contributed by atoms with E-state index >= 15 is 0 Å². The molecule has 0 unspecified atom stereocenters. The topological polar surface area (TPSA) is 36.8 Å². The number of piperazine rings is 1. The molecule has 0 radical (unpaired) electrons. The number of para-hydroxylation sites is 1. The Balaban J connectivity index is 1.58. The van der Waals surface area contributed by atoms with E-state index in [4.69, 9.17) is 11.6 Å². The van der Waals surface area contributed by atoms with Crippen LogP contribution in [0.2, 0.25) is 5.02 Å². The van der Waals surface area contributed by atoms with Crippen molar-refractivity contribution >= 4 is 28.9 Å². The van der Waals surface area contributed by atoms with Crippen LogP contribution in [0.15, 0.2) is 42.5 Å². The second-order valence-electron chi connectivity index (χ2n) is 6.77. The molecule has 138 valence electrons. The summed E-state index contributed by atoms with van der Waals surface area (Å²) in [6.07, 6.45) is 0. The molecule has 0 spiro atoms. The number of carbonyl (C=O) groups is 1. The van der Waals surface area contributed by atoms with Gasteiger partial charge < -0.3 is 15.1 Å². The Morgan fingerprint density at radius 2 is 1.92 bits per heavy atom. The molecule has 2 N–H and O–H groups in total. The van der Waals surface area contributed by atoms with Crippen molar-refractivity contribution in [2.24, 2.45) is 0 Å². The molecule has 2 aromatic rings. The molecule has 0 aliphatic carbocycles. The fourth-order valence-electron chi connectivity index (χ4n) is 3.40. The molecule has 6 heteroatoms.